The minimum absolute atomic E-state index is 0.662. The van der Waals surface area contributed by atoms with Crippen LogP contribution in [0.5, 0.6) is 0 Å². The molecule has 1 N–H and O–H groups in total. The van der Waals surface area contributed by atoms with Crippen LogP contribution >= 0.6 is 0 Å². The van der Waals surface area contributed by atoms with Gasteiger partial charge in [0, 0.05) is 0 Å². The van der Waals surface area contributed by atoms with Crippen molar-refractivity contribution in [2.24, 2.45) is 5.92 Å². The summed E-state index contributed by atoms with van der Waals surface area (Å²) in [6.07, 6.45) is 1.31. The molecule has 1 aliphatic heterocycles. The van der Waals surface area contributed by atoms with Gasteiger partial charge in [-0.05, 0) is 47.7 Å². The Bertz CT molecular complexity index is 512. The summed E-state index contributed by atoms with van der Waals surface area (Å²) in [4.78, 5) is 0. The first-order valence-electron chi connectivity index (χ1n) is 6.54. The maximum Gasteiger partial charge on any atom is -0.00143 e. The fourth-order valence-corrected chi connectivity index (χ4v) is 2.87. The van der Waals surface area contributed by atoms with Crippen LogP contribution < -0.4 is 5.32 Å². The van der Waals surface area contributed by atoms with Gasteiger partial charge in [0.25, 0.3) is 0 Å². The largest absolute Gasteiger partial charge is 0.316 e. The molecular weight excluding hydrogens is 206 g/mol. The molecule has 1 heteroatoms. The van der Waals surface area contributed by atoms with Crippen LogP contribution in [0.4, 0.5) is 0 Å². The lowest BCUT2D eigenvalue weighted by molar-refractivity contribution is 0.488. The highest BCUT2D eigenvalue weighted by Gasteiger charge is 2.22. The molecule has 0 radical (unpaired) electrons. The summed E-state index contributed by atoms with van der Waals surface area (Å²) < 4.78 is 0. The van der Waals surface area contributed by atoms with E-state index in [1.54, 1.807) is 0 Å². The first-order chi connectivity index (χ1) is 8.34. The number of fused-ring (bicyclic) bond motifs is 1. The normalized spacial score (nSPS) is 21.8. The van der Waals surface area contributed by atoms with Gasteiger partial charge in [-0.25, -0.2) is 0 Å². The van der Waals surface area contributed by atoms with Crippen molar-refractivity contribution in [3.05, 3.63) is 48.0 Å². The van der Waals surface area contributed by atoms with Gasteiger partial charge in [0.15, 0.2) is 0 Å². The van der Waals surface area contributed by atoms with Gasteiger partial charge < -0.3 is 5.32 Å². The van der Waals surface area contributed by atoms with Crippen molar-refractivity contribution >= 4 is 10.8 Å². The Kier molecular flexibility index (Phi) is 2.86. The van der Waals surface area contributed by atoms with Crippen LogP contribution in [0.15, 0.2) is 42.5 Å². The van der Waals surface area contributed by atoms with Crippen molar-refractivity contribution < 1.29 is 0 Å². The van der Waals surface area contributed by atoms with Crippen LogP contribution in [-0.4, -0.2) is 13.1 Å². The van der Waals surface area contributed by atoms with Gasteiger partial charge >= 0.3 is 0 Å². The molecule has 88 valence electrons. The Morgan fingerprint density at radius 1 is 1.12 bits per heavy atom. The third kappa shape index (κ3) is 2.07. The van der Waals surface area contributed by atoms with E-state index in [-0.39, 0.29) is 0 Å². The minimum atomic E-state index is 0.662. The molecule has 2 unspecified atom stereocenters. The molecule has 1 fully saturated rings. The second-order valence-corrected chi connectivity index (χ2v) is 5.15. The zero-order chi connectivity index (χ0) is 11.7. The minimum Gasteiger partial charge on any atom is -0.316 e. The maximum atomic E-state index is 3.46. The summed E-state index contributed by atoms with van der Waals surface area (Å²) in [6.45, 7) is 4.72. The molecule has 0 aromatic heterocycles. The lowest BCUT2D eigenvalue weighted by Gasteiger charge is -2.19. The predicted octanol–water partition coefficient (Wildman–Crippen LogP) is 3.55. The molecule has 2 aromatic rings. The van der Waals surface area contributed by atoms with Gasteiger partial charge in [0.05, 0.1) is 0 Å². The summed E-state index contributed by atoms with van der Waals surface area (Å²) >= 11 is 0. The van der Waals surface area contributed by atoms with Gasteiger partial charge in [-0.2, -0.15) is 0 Å². The second-order valence-electron chi connectivity index (χ2n) is 5.15. The Morgan fingerprint density at radius 2 is 1.94 bits per heavy atom. The van der Waals surface area contributed by atoms with Crippen LogP contribution in [-0.2, 0) is 0 Å². The van der Waals surface area contributed by atoms with E-state index in [0.29, 0.717) is 5.92 Å². The monoisotopic (exact) mass is 225 g/mol. The van der Waals surface area contributed by atoms with Crippen molar-refractivity contribution in [2.45, 2.75) is 19.3 Å². The van der Waals surface area contributed by atoms with E-state index in [1.807, 2.05) is 0 Å². The second kappa shape index (κ2) is 4.50. The summed E-state index contributed by atoms with van der Waals surface area (Å²) in [7, 11) is 0. The van der Waals surface area contributed by atoms with Gasteiger partial charge in [-0.3, -0.25) is 0 Å². The van der Waals surface area contributed by atoms with E-state index in [2.05, 4.69) is 54.7 Å². The highest BCUT2D eigenvalue weighted by molar-refractivity contribution is 5.83. The first-order valence-corrected chi connectivity index (χ1v) is 6.54. The molecular formula is C16H19N. The van der Waals surface area contributed by atoms with Crippen molar-refractivity contribution in [2.75, 3.05) is 13.1 Å². The van der Waals surface area contributed by atoms with Crippen molar-refractivity contribution in [3.63, 3.8) is 0 Å². The van der Waals surface area contributed by atoms with E-state index in [4.69, 9.17) is 0 Å². The Hall–Kier alpha value is -1.34. The molecule has 1 nitrogen and oxygen atoms in total. The van der Waals surface area contributed by atoms with Crippen LogP contribution in [0.3, 0.4) is 0 Å². The van der Waals surface area contributed by atoms with Crippen molar-refractivity contribution in [3.8, 4) is 0 Å². The first kappa shape index (κ1) is 10.8. The highest BCUT2D eigenvalue weighted by atomic mass is 14.9. The van der Waals surface area contributed by atoms with Crippen LogP contribution in [0, 0.1) is 5.92 Å². The maximum absolute atomic E-state index is 3.46. The molecule has 0 saturated carbocycles. The van der Waals surface area contributed by atoms with Crippen LogP contribution in [0.25, 0.3) is 10.8 Å². The summed E-state index contributed by atoms with van der Waals surface area (Å²) in [6, 6.07) is 15.5. The standard InChI is InChI=1S/C16H19N/c1-12(16-8-9-17-11-16)14-7-6-13-4-2-3-5-15(13)10-14/h2-7,10,12,16-17H,8-9,11H2,1H3. The highest BCUT2D eigenvalue weighted by Crippen LogP contribution is 2.30. The zero-order valence-corrected chi connectivity index (χ0v) is 10.3. The fraction of sp³-hybridized carbons (Fsp3) is 0.375. The molecule has 1 heterocycles. The molecule has 2 atom stereocenters. The van der Waals surface area contributed by atoms with Crippen molar-refractivity contribution in [1.29, 1.82) is 0 Å². The lowest BCUT2D eigenvalue weighted by atomic mass is 9.86. The SMILES string of the molecule is CC(c1ccc2ccccc2c1)C1CCNC1. The van der Waals surface area contributed by atoms with Gasteiger partial charge in [0.1, 0.15) is 0 Å². The van der Waals surface area contributed by atoms with Gasteiger partial charge in [-0.15, -0.1) is 0 Å². The average Bonchev–Trinajstić information content (AvgIpc) is 2.91. The number of nitrogens with one attached hydrogen (secondary N) is 1. The quantitative estimate of drug-likeness (QED) is 0.824. The smallest absolute Gasteiger partial charge is 0.00143 e. The third-order valence-corrected chi connectivity index (χ3v) is 4.10. The Labute approximate surface area is 103 Å². The number of rotatable bonds is 2. The van der Waals surface area contributed by atoms with E-state index in [1.165, 1.54) is 35.8 Å². The zero-order valence-electron chi connectivity index (χ0n) is 10.3. The molecule has 17 heavy (non-hydrogen) atoms. The van der Waals surface area contributed by atoms with E-state index < -0.39 is 0 Å². The van der Waals surface area contributed by atoms with Gasteiger partial charge in [0.2, 0.25) is 0 Å². The Morgan fingerprint density at radius 3 is 2.71 bits per heavy atom. The van der Waals surface area contributed by atoms with Gasteiger partial charge in [-0.1, -0.05) is 49.4 Å². The molecule has 0 bridgehead atoms. The Balaban J connectivity index is 1.94. The summed E-state index contributed by atoms with van der Waals surface area (Å²) in [5.74, 6) is 1.46. The number of hydrogen-bond donors (Lipinski definition) is 1. The van der Waals surface area contributed by atoms with E-state index >= 15 is 0 Å². The molecule has 0 spiro atoms. The molecule has 1 saturated heterocycles. The lowest BCUT2D eigenvalue weighted by Crippen LogP contribution is -2.14. The predicted molar refractivity (Wildman–Crippen MR) is 73.3 cm³/mol. The summed E-state index contributed by atoms with van der Waals surface area (Å²) in [5, 5.41) is 6.16. The van der Waals surface area contributed by atoms with Crippen LogP contribution in [0.2, 0.25) is 0 Å². The molecule has 2 aromatic carbocycles. The number of hydrogen-bond acceptors (Lipinski definition) is 1. The fourth-order valence-electron chi connectivity index (χ4n) is 2.87. The van der Waals surface area contributed by atoms with E-state index in [0.717, 1.165) is 5.92 Å². The molecule has 1 aliphatic rings. The topological polar surface area (TPSA) is 12.0 Å². The number of benzene rings is 2. The third-order valence-electron chi connectivity index (χ3n) is 4.10. The molecule has 3 rings (SSSR count). The van der Waals surface area contributed by atoms with E-state index in [9.17, 15) is 0 Å². The van der Waals surface area contributed by atoms with Crippen molar-refractivity contribution in [1.82, 2.24) is 5.32 Å². The molecule has 0 aliphatic carbocycles. The van der Waals surface area contributed by atoms with Crippen LogP contribution in [0.1, 0.15) is 24.8 Å². The summed E-state index contributed by atoms with van der Waals surface area (Å²) in [5.41, 5.74) is 1.48. The average molecular weight is 225 g/mol. The molecule has 0 amide bonds.